The van der Waals surface area contributed by atoms with Crippen LogP contribution in [0.5, 0.6) is 0 Å². The van der Waals surface area contributed by atoms with Gasteiger partial charge in [-0.2, -0.15) is 0 Å². The molecular formula is C13H13Cl3N2O3. The highest BCUT2D eigenvalue weighted by Crippen LogP contribution is 2.34. The SMILES string of the molecule is O=C(O)C1CCN(C(=O)Nc2c(Cl)cc(Cl)cc2Cl)CC1. The van der Waals surface area contributed by atoms with Crippen molar-refractivity contribution in [2.75, 3.05) is 18.4 Å². The molecule has 21 heavy (non-hydrogen) atoms. The monoisotopic (exact) mass is 350 g/mol. The topological polar surface area (TPSA) is 69.6 Å². The summed E-state index contributed by atoms with van der Waals surface area (Å²) in [5.74, 6) is -1.21. The van der Waals surface area contributed by atoms with Crippen LogP contribution in [-0.2, 0) is 4.79 Å². The Morgan fingerprint density at radius 1 is 1.14 bits per heavy atom. The van der Waals surface area contributed by atoms with Crippen LogP contribution in [-0.4, -0.2) is 35.1 Å². The Morgan fingerprint density at radius 2 is 1.67 bits per heavy atom. The largest absolute Gasteiger partial charge is 0.481 e. The first kappa shape index (κ1) is 16.2. The fourth-order valence-corrected chi connectivity index (χ4v) is 3.09. The number of hydrogen-bond acceptors (Lipinski definition) is 2. The number of carboxylic acid groups (broad SMARTS) is 1. The Morgan fingerprint density at radius 3 is 2.14 bits per heavy atom. The molecule has 1 saturated heterocycles. The maximum atomic E-state index is 12.2. The van der Waals surface area contributed by atoms with Gasteiger partial charge in [0.05, 0.1) is 21.7 Å². The van der Waals surface area contributed by atoms with Crippen molar-refractivity contribution in [2.24, 2.45) is 5.92 Å². The average Bonchev–Trinajstić information content (AvgIpc) is 2.42. The van der Waals surface area contributed by atoms with E-state index in [1.54, 1.807) is 4.90 Å². The zero-order valence-electron chi connectivity index (χ0n) is 10.9. The van der Waals surface area contributed by atoms with E-state index in [4.69, 9.17) is 39.9 Å². The molecule has 0 aromatic heterocycles. The standard InChI is InChI=1S/C13H13Cl3N2O3/c14-8-5-9(15)11(10(16)6-8)17-13(21)18-3-1-7(2-4-18)12(19)20/h5-7H,1-4H2,(H,17,21)(H,19,20). The number of halogens is 3. The molecule has 5 nitrogen and oxygen atoms in total. The third-order valence-corrected chi connectivity index (χ3v) is 4.18. The lowest BCUT2D eigenvalue weighted by Gasteiger charge is -2.30. The van der Waals surface area contributed by atoms with Crippen molar-refractivity contribution >= 4 is 52.5 Å². The molecule has 1 heterocycles. The number of aliphatic carboxylic acids is 1. The van der Waals surface area contributed by atoms with Crippen LogP contribution in [0.1, 0.15) is 12.8 Å². The van der Waals surface area contributed by atoms with Crippen molar-refractivity contribution < 1.29 is 14.7 Å². The van der Waals surface area contributed by atoms with Gasteiger partial charge >= 0.3 is 12.0 Å². The van der Waals surface area contributed by atoms with Crippen LogP contribution in [0, 0.1) is 5.92 Å². The number of carboxylic acids is 1. The minimum atomic E-state index is -0.821. The quantitative estimate of drug-likeness (QED) is 0.847. The fourth-order valence-electron chi connectivity index (χ4n) is 2.18. The third kappa shape index (κ3) is 3.93. The Kier molecular flexibility index (Phi) is 5.19. The summed E-state index contributed by atoms with van der Waals surface area (Å²) in [5.41, 5.74) is 0.299. The molecule has 0 saturated carbocycles. The first-order chi connectivity index (χ1) is 9.88. The molecule has 1 aromatic carbocycles. The molecule has 1 aliphatic heterocycles. The first-order valence-corrected chi connectivity index (χ1v) is 7.45. The summed E-state index contributed by atoms with van der Waals surface area (Å²) in [6, 6.07) is 2.62. The number of rotatable bonds is 2. The van der Waals surface area contributed by atoms with Crippen LogP contribution in [0.25, 0.3) is 0 Å². The molecule has 2 rings (SSSR count). The number of nitrogens with zero attached hydrogens (tertiary/aromatic N) is 1. The maximum absolute atomic E-state index is 12.2. The third-order valence-electron chi connectivity index (χ3n) is 3.37. The minimum Gasteiger partial charge on any atom is -0.481 e. The van der Waals surface area contributed by atoms with Gasteiger partial charge in [0.2, 0.25) is 0 Å². The fraction of sp³-hybridized carbons (Fsp3) is 0.385. The minimum absolute atomic E-state index is 0.251. The van der Waals surface area contributed by atoms with Crippen molar-refractivity contribution in [3.05, 3.63) is 27.2 Å². The first-order valence-electron chi connectivity index (χ1n) is 6.31. The molecule has 1 aliphatic rings. The second-order valence-corrected chi connectivity index (χ2v) is 6.02. The number of anilines is 1. The van der Waals surface area contributed by atoms with Gasteiger partial charge in [-0.1, -0.05) is 34.8 Å². The van der Waals surface area contributed by atoms with Crippen LogP contribution in [0.4, 0.5) is 10.5 Å². The van der Waals surface area contributed by atoms with E-state index >= 15 is 0 Å². The van der Waals surface area contributed by atoms with Gasteiger partial charge in [0, 0.05) is 18.1 Å². The zero-order valence-corrected chi connectivity index (χ0v) is 13.2. The molecule has 8 heteroatoms. The summed E-state index contributed by atoms with van der Waals surface area (Å²) < 4.78 is 0. The van der Waals surface area contributed by atoms with Crippen LogP contribution in [0.2, 0.25) is 15.1 Å². The Labute approximate surface area is 136 Å². The smallest absolute Gasteiger partial charge is 0.321 e. The van der Waals surface area contributed by atoms with Crippen molar-refractivity contribution in [1.29, 1.82) is 0 Å². The lowest BCUT2D eigenvalue weighted by Crippen LogP contribution is -2.42. The van der Waals surface area contributed by atoms with E-state index in [0.29, 0.717) is 36.6 Å². The molecule has 114 valence electrons. The Hall–Kier alpha value is -1.17. The predicted molar refractivity (Wildman–Crippen MR) is 82.4 cm³/mol. The number of likely N-dealkylation sites (tertiary alicyclic amines) is 1. The molecular weight excluding hydrogens is 339 g/mol. The van der Waals surface area contributed by atoms with E-state index in [1.165, 1.54) is 12.1 Å². The highest BCUT2D eigenvalue weighted by molar-refractivity contribution is 6.42. The highest BCUT2D eigenvalue weighted by Gasteiger charge is 2.27. The van der Waals surface area contributed by atoms with Gasteiger partial charge in [-0.05, 0) is 25.0 Å². The second-order valence-electron chi connectivity index (χ2n) is 4.77. The molecule has 1 aromatic rings. The molecule has 0 atom stereocenters. The normalized spacial score (nSPS) is 15.9. The van der Waals surface area contributed by atoms with E-state index in [9.17, 15) is 9.59 Å². The number of piperidine rings is 1. The lowest BCUT2D eigenvalue weighted by molar-refractivity contribution is -0.143. The molecule has 0 bridgehead atoms. The number of carbonyl (C=O) groups excluding carboxylic acids is 1. The highest BCUT2D eigenvalue weighted by atomic mass is 35.5. The van der Waals surface area contributed by atoms with Gasteiger partial charge in [-0.3, -0.25) is 4.79 Å². The molecule has 2 amide bonds. The van der Waals surface area contributed by atoms with E-state index in [2.05, 4.69) is 5.32 Å². The van der Waals surface area contributed by atoms with E-state index in [0.717, 1.165) is 0 Å². The van der Waals surface area contributed by atoms with Gasteiger partial charge in [0.1, 0.15) is 0 Å². The van der Waals surface area contributed by atoms with Gasteiger partial charge < -0.3 is 15.3 Å². The van der Waals surface area contributed by atoms with Gasteiger partial charge in [0.25, 0.3) is 0 Å². The van der Waals surface area contributed by atoms with Crippen molar-refractivity contribution in [3.8, 4) is 0 Å². The van der Waals surface area contributed by atoms with Crippen molar-refractivity contribution in [2.45, 2.75) is 12.8 Å². The summed E-state index contributed by atoms with van der Waals surface area (Å²) >= 11 is 17.8. The zero-order chi connectivity index (χ0) is 15.6. The van der Waals surface area contributed by atoms with Gasteiger partial charge in [0.15, 0.2) is 0 Å². The van der Waals surface area contributed by atoms with Crippen molar-refractivity contribution in [1.82, 2.24) is 4.90 Å². The summed E-state index contributed by atoms with van der Waals surface area (Å²) in [5, 5.41) is 12.4. The predicted octanol–water partition coefficient (Wildman–Crippen LogP) is 3.98. The molecule has 0 spiro atoms. The molecule has 2 N–H and O–H groups in total. The molecule has 1 fully saturated rings. The van der Waals surface area contributed by atoms with E-state index in [-0.39, 0.29) is 16.1 Å². The number of urea groups is 1. The molecule has 0 radical (unpaired) electrons. The van der Waals surface area contributed by atoms with Gasteiger partial charge in [-0.25, -0.2) is 4.79 Å². The summed E-state index contributed by atoms with van der Waals surface area (Å²) in [6.07, 6.45) is 0.871. The summed E-state index contributed by atoms with van der Waals surface area (Å²) in [7, 11) is 0. The summed E-state index contributed by atoms with van der Waals surface area (Å²) in [6.45, 7) is 0.761. The van der Waals surface area contributed by atoms with Crippen molar-refractivity contribution in [3.63, 3.8) is 0 Å². The average molecular weight is 352 g/mol. The van der Waals surface area contributed by atoms with Crippen LogP contribution in [0.15, 0.2) is 12.1 Å². The Balaban J connectivity index is 2.01. The number of hydrogen-bond donors (Lipinski definition) is 2. The Bertz CT molecular complexity index is 549. The van der Waals surface area contributed by atoms with Crippen LogP contribution in [0.3, 0.4) is 0 Å². The number of benzene rings is 1. The molecule has 0 unspecified atom stereocenters. The number of amides is 2. The van der Waals surface area contributed by atoms with Gasteiger partial charge in [-0.15, -0.1) is 0 Å². The number of carbonyl (C=O) groups is 2. The van der Waals surface area contributed by atoms with E-state index in [1.807, 2.05) is 0 Å². The van der Waals surface area contributed by atoms with Crippen LogP contribution < -0.4 is 5.32 Å². The van der Waals surface area contributed by atoms with Crippen LogP contribution >= 0.6 is 34.8 Å². The van der Waals surface area contributed by atoms with E-state index < -0.39 is 11.9 Å². The molecule has 0 aliphatic carbocycles. The lowest BCUT2D eigenvalue weighted by atomic mass is 9.97. The summed E-state index contributed by atoms with van der Waals surface area (Å²) in [4.78, 5) is 24.6. The maximum Gasteiger partial charge on any atom is 0.321 e. The second kappa shape index (κ2) is 6.73. The number of nitrogens with one attached hydrogen (secondary N) is 1.